The van der Waals surface area contributed by atoms with E-state index >= 15 is 0 Å². The second kappa shape index (κ2) is 5.47. The Hall–Kier alpha value is -1.26. The molecular formula is C10H16N2O2. The topological polar surface area (TPSA) is 70.5 Å². The minimum atomic E-state index is 0.472. The molecule has 1 aromatic rings. The fourth-order valence-electron chi connectivity index (χ4n) is 1.16. The molecular weight excluding hydrogens is 180 g/mol. The molecule has 0 aliphatic rings. The van der Waals surface area contributed by atoms with Crippen molar-refractivity contribution in [2.45, 2.75) is 6.61 Å². The van der Waals surface area contributed by atoms with Crippen molar-refractivity contribution in [2.75, 3.05) is 26.0 Å². The van der Waals surface area contributed by atoms with Crippen molar-refractivity contribution in [1.29, 1.82) is 0 Å². The molecule has 4 nitrogen and oxygen atoms in total. The normalized spacial score (nSPS) is 10.1. The lowest BCUT2D eigenvalue weighted by Crippen LogP contribution is -2.09. The summed E-state index contributed by atoms with van der Waals surface area (Å²) in [5.74, 6) is 0.679. The highest BCUT2D eigenvalue weighted by Crippen LogP contribution is 2.24. The molecule has 0 aliphatic heterocycles. The van der Waals surface area contributed by atoms with E-state index in [0.717, 1.165) is 5.56 Å². The summed E-state index contributed by atoms with van der Waals surface area (Å²) in [4.78, 5) is 0. The van der Waals surface area contributed by atoms with Crippen LogP contribution in [0.2, 0.25) is 0 Å². The lowest BCUT2D eigenvalue weighted by Gasteiger charge is -2.09. The van der Waals surface area contributed by atoms with Crippen molar-refractivity contribution in [1.82, 2.24) is 0 Å². The van der Waals surface area contributed by atoms with Crippen molar-refractivity contribution in [3.63, 3.8) is 0 Å². The number of nitrogens with two attached hydrogens (primary N) is 2. The minimum absolute atomic E-state index is 0.472. The zero-order valence-electron chi connectivity index (χ0n) is 8.32. The number of para-hydroxylation sites is 1. The number of ether oxygens (including phenoxy) is 2. The highest BCUT2D eigenvalue weighted by Gasteiger charge is 2.04. The summed E-state index contributed by atoms with van der Waals surface area (Å²) in [6, 6.07) is 5.62. The zero-order valence-corrected chi connectivity index (χ0v) is 8.32. The van der Waals surface area contributed by atoms with Gasteiger partial charge >= 0.3 is 0 Å². The summed E-state index contributed by atoms with van der Waals surface area (Å²) in [5, 5.41) is 0. The van der Waals surface area contributed by atoms with Gasteiger partial charge in [0.25, 0.3) is 0 Å². The number of hydrogen-bond donors (Lipinski definition) is 2. The molecule has 0 heterocycles. The Labute approximate surface area is 83.8 Å². The van der Waals surface area contributed by atoms with E-state index in [9.17, 15) is 0 Å². The zero-order chi connectivity index (χ0) is 10.4. The van der Waals surface area contributed by atoms with Crippen LogP contribution in [0.1, 0.15) is 5.56 Å². The molecule has 0 aliphatic carbocycles. The lowest BCUT2D eigenvalue weighted by atomic mass is 10.2. The summed E-state index contributed by atoms with van der Waals surface area (Å²) < 4.78 is 10.4. The number of rotatable bonds is 5. The molecule has 4 N–H and O–H groups in total. The van der Waals surface area contributed by atoms with Crippen LogP contribution in [0, 0.1) is 0 Å². The summed E-state index contributed by atoms with van der Waals surface area (Å²) in [7, 11) is 1.59. The molecule has 0 unspecified atom stereocenters. The molecule has 1 rings (SSSR count). The summed E-state index contributed by atoms with van der Waals surface area (Å²) >= 11 is 0. The van der Waals surface area contributed by atoms with Gasteiger partial charge in [0.05, 0.1) is 26.0 Å². The molecule has 4 heteroatoms. The van der Waals surface area contributed by atoms with E-state index in [2.05, 4.69) is 0 Å². The standard InChI is InChI=1S/C10H16N2O2/c1-13-9-4-2-3-8(10(9)12)7-14-6-5-11/h2-4H,5-7,11-12H2,1H3. The van der Waals surface area contributed by atoms with Crippen molar-refractivity contribution >= 4 is 5.69 Å². The van der Waals surface area contributed by atoms with Gasteiger partial charge in [0, 0.05) is 12.1 Å². The first kappa shape index (κ1) is 10.8. The Morgan fingerprint density at radius 1 is 1.36 bits per heavy atom. The molecule has 0 saturated carbocycles. The third-order valence-electron chi connectivity index (χ3n) is 1.90. The fourth-order valence-corrected chi connectivity index (χ4v) is 1.16. The van der Waals surface area contributed by atoms with Gasteiger partial charge in [-0.1, -0.05) is 12.1 Å². The summed E-state index contributed by atoms with van der Waals surface area (Å²) in [5.41, 5.74) is 12.7. The quantitative estimate of drug-likeness (QED) is 0.538. The Morgan fingerprint density at radius 3 is 2.79 bits per heavy atom. The van der Waals surface area contributed by atoms with Crippen LogP contribution < -0.4 is 16.2 Å². The maximum absolute atomic E-state index is 5.84. The van der Waals surface area contributed by atoms with Crippen molar-refractivity contribution in [3.8, 4) is 5.75 Å². The van der Waals surface area contributed by atoms with Gasteiger partial charge < -0.3 is 20.9 Å². The van der Waals surface area contributed by atoms with Gasteiger partial charge in [-0.05, 0) is 6.07 Å². The third kappa shape index (κ3) is 2.61. The second-order valence-corrected chi connectivity index (χ2v) is 2.87. The first-order valence-electron chi connectivity index (χ1n) is 4.48. The monoisotopic (exact) mass is 196 g/mol. The first-order chi connectivity index (χ1) is 6.79. The van der Waals surface area contributed by atoms with E-state index in [1.165, 1.54) is 0 Å². The maximum Gasteiger partial charge on any atom is 0.142 e. The molecule has 78 valence electrons. The van der Waals surface area contributed by atoms with Gasteiger partial charge in [-0.3, -0.25) is 0 Å². The molecule has 1 aromatic carbocycles. The predicted molar refractivity (Wildman–Crippen MR) is 56.1 cm³/mol. The Morgan fingerprint density at radius 2 is 2.14 bits per heavy atom. The molecule has 0 bridgehead atoms. The molecule has 14 heavy (non-hydrogen) atoms. The van der Waals surface area contributed by atoms with Crippen LogP contribution in [0.5, 0.6) is 5.75 Å². The minimum Gasteiger partial charge on any atom is -0.495 e. The van der Waals surface area contributed by atoms with Crippen LogP contribution in [0.4, 0.5) is 5.69 Å². The van der Waals surface area contributed by atoms with Crippen molar-refractivity contribution in [3.05, 3.63) is 23.8 Å². The molecule has 0 amide bonds. The van der Waals surface area contributed by atoms with Gasteiger partial charge in [0.1, 0.15) is 5.75 Å². The maximum atomic E-state index is 5.84. The van der Waals surface area contributed by atoms with Crippen LogP contribution in [0.25, 0.3) is 0 Å². The van der Waals surface area contributed by atoms with E-state index < -0.39 is 0 Å². The molecule has 0 atom stereocenters. The first-order valence-corrected chi connectivity index (χ1v) is 4.48. The summed E-state index contributed by atoms with van der Waals surface area (Å²) in [6.45, 7) is 1.53. The van der Waals surface area contributed by atoms with E-state index in [-0.39, 0.29) is 0 Å². The molecule has 0 radical (unpaired) electrons. The van der Waals surface area contributed by atoms with Crippen LogP contribution in [-0.4, -0.2) is 20.3 Å². The molecule has 0 spiro atoms. The van der Waals surface area contributed by atoms with Crippen LogP contribution in [0.15, 0.2) is 18.2 Å². The number of methoxy groups -OCH3 is 1. The number of benzene rings is 1. The SMILES string of the molecule is COc1cccc(COCCN)c1N. The number of nitrogen functional groups attached to an aromatic ring is 1. The molecule has 0 aromatic heterocycles. The second-order valence-electron chi connectivity index (χ2n) is 2.87. The third-order valence-corrected chi connectivity index (χ3v) is 1.90. The summed E-state index contributed by atoms with van der Waals surface area (Å²) in [6.07, 6.45) is 0. The average Bonchev–Trinajstić information content (AvgIpc) is 2.21. The van der Waals surface area contributed by atoms with Crippen LogP contribution >= 0.6 is 0 Å². The van der Waals surface area contributed by atoms with E-state index in [1.54, 1.807) is 7.11 Å². The average molecular weight is 196 g/mol. The Kier molecular flexibility index (Phi) is 4.22. The van der Waals surface area contributed by atoms with Gasteiger partial charge in [-0.15, -0.1) is 0 Å². The van der Waals surface area contributed by atoms with Gasteiger partial charge in [-0.25, -0.2) is 0 Å². The predicted octanol–water partition coefficient (Wildman–Crippen LogP) is 0.753. The van der Waals surface area contributed by atoms with Gasteiger partial charge in [0.15, 0.2) is 0 Å². The highest BCUT2D eigenvalue weighted by atomic mass is 16.5. The largest absolute Gasteiger partial charge is 0.495 e. The van der Waals surface area contributed by atoms with Gasteiger partial charge in [-0.2, -0.15) is 0 Å². The smallest absolute Gasteiger partial charge is 0.142 e. The van der Waals surface area contributed by atoms with Crippen molar-refractivity contribution < 1.29 is 9.47 Å². The number of anilines is 1. The van der Waals surface area contributed by atoms with Crippen LogP contribution in [-0.2, 0) is 11.3 Å². The van der Waals surface area contributed by atoms with E-state index in [0.29, 0.717) is 31.2 Å². The Bertz CT molecular complexity index is 289. The molecule has 0 saturated heterocycles. The number of hydrogen-bond acceptors (Lipinski definition) is 4. The highest BCUT2D eigenvalue weighted by molar-refractivity contribution is 5.58. The lowest BCUT2D eigenvalue weighted by molar-refractivity contribution is 0.128. The van der Waals surface area contributed by atoms with E-state index in [4.69, 9.17) is 20.9 Å². The molecule has 0 fully saturated rings. The Balaban J connectivity index is 2.66. The van der Waals surface area contributed by atoms with Crippen LogP contribution in [0.3, 0.4) is 0 Å². The fraction of sp³-hybridized carbons (Fsp3) is 0.400. The van der Waals surface area contributed by atoms with Crippen molar-refractivity contribution in [2.24, 2.45) is 5.73 Å². The van der Waals surface area contributed by atoms with E-state index in [1.807, 2.05) is 18.2 Å². The van der Waals surface area contributed by atoms with Gasteiger partial charge in [0.2, 0.25) is 0 Å².